The van der Waals surface area contributed by atoms with E-state index >= 15 is 0 Å². The number of amides is 1. The van der Waals surface area contributed by atoms with Crippen molar-refractivity contribution < 1.29 is 32.0 Å². The van der Waals surface area contributed by atoms with Gasteiger partial charge in [0.15, 0.2) is 0 Å². The molecule has 3 aliphatic rings. The molecule has 0 aromatic heterocycles. The number of anilines is 2. The molecule has 0 unspecified atom stereocenters. The Balaban J connectivity index is 1.23. The number of carbonyl (C=O) groups excluding carboxylic acids is 1. The summed E-state index contributed by atoms with van der Waals surface area (Å²) in [5.74, 6) is -0.477. The number of rotatable bonds is 7. The lowest BCUT2D eigenvalue weighted by molar-refractivity contribution is -0.385. The second-order valence-corrected chi connectivity index (χ2v) is 11.0. The third-order valence-corrected chi connectivity index (χ3v) is 8.15. The van der Waals surface area contributed by atoms with Gasteiger partial charge in [0, 0.05) is 31.8 Å². The Hall–Kier alpha value is -3.00. The topological polar surface area (TPSA) is 131 Å². The molecule has 1 atom stereocenters. The molecule has 2 aromatic carbocycles. The summed E-state index contributed by atoms with van der Waals surface area (Å²) < 4.78 is 52.8. The number of benzene rings is 2. The van der Waals surface area contributed by atoms with Crippen LogP contribution in [0.4, 0.5) is 26.2 Å². The predicted octanol–water partition coefficient (Wildman–Crippen LogP) is 2.53. The molecule has 186 valence electrons. The number of nitrogens with zero attached hydrogens (tertiary/aromatic N) is 3. The molecule has 2 aromatic rings. The minimum atomic E-state index is -4.23. The van der Waals surface area contributed by atoms with Gasteiger partial charge in [-0.2, -0.15) is 0 Å². The van der Waals surface area contributed by atoms with E-state index in [-0.39, 0.29) is 29.2 Å². The van der Waals surface area contributed by atoms with Crippen molar-refractivity contribution in [3.05, 3.63) is 57.4 Å². The number of nitrogens with one attached hydrogen (secondary N) is 1. The van der Waals surface area contributed by atoms with E-state index in [1.165, 1.54) is 11.0 Å². The number of halogens is 2. The van der Waals surface area contributed by atoms with Crippen LogP contribution in [0.3, 0.4) is 0 Å². The molecule has 3 aliphatic heterocycles. The van der Waals surface area contributed by atoms with Crippen LogP contribution in [-0.4, -0.2) is 64.9 Å². The highest BCUT2D eigenvalue weighted by Crippen LogP contribution is 2.41. The number of hydrogen-bond acceptors (Lipinski definition) is 8. The Morgan fingerprint density at radius 1 is 1.23 bits per heavy atom. The largest absolute Gasteiger partial charge is 0.443 e. The number of non-ortho nitro benzene ring substituents is 1. The maximum Gasteiger partial charge on any atom is 0.414 e. The predicted molar refractivity (Wildman–Crippen MR) is 123 cm³/mol. The van der Waals surface area contributed by atoms with Gasteiger partial charge in [-0.05, 0) is 24.3 Å². The molecule has 14 heteroatoms. The second-order valence-electron chi connectivity index (χ2n) is 8.82. The average Bonchev–Trinajstić information content (AvgIpc) is 3.12. The van der Waals surface area contributed by atoms with Crippen LogP contribution in [0.2, 0.25) is 5.02 Å². The van der Waals surface area contributed by atoms with Crippen LogP contribution in [0.25, 0.3) is 0 Å². The van der Waals surface area contributed by atoms with E-state index < -0.39 is 43.5 Å². The number of carbonyl (C=O) groups is 1. The monoisotopic (exact) mass is 526 g/mol. The van der Waals surface area contributed by atoms with Crippen molar-refractivity contribution in [3.63, 3.8) is 0 Å². The van der Waals surface area contributed by atoms with Crippen molar-refractivity contribution >= 4 is 44.8 Å². The summed E-state index contributed by atoms with van der Waals surface area (Å²) in [5, 5.41) is 10.8. The Morgan fingerprint density at radius 2 is 1.97 bits per heavy atom. The number of nitro groups is 1. The first-order chi connectivity index (χ1) is 16.6. The van der Waals surface area contributed by atoms with Gasteiger partial charge in [-0.25, -0.2) is 22.3 Å². The minimum Gasteiger partial charge on any atom is -0.443 e. The summed E-state index contributed by atoms with van der Waals surface area (Å²) in [7, 11) is -4.23. The fraction of sp³-hybridized carbons (Fsp3) is 0.381. The fourth-order valence-electron chi connectivity index (χ4n) is 4.36. The molecule has 11 nitrogen and oxygen atoms in total. The van der Waals surface area contributed by atoms with Gasteiger partial charge in [0.05, 0.1) is 46.5 Å². The van der Waals surface area contributed by atoms with Gasteiger partial charge in [0.2, 0.25) is 10.0 Å². The Morgan fingerprint density at radius 3 is 2.60 bits per heavy atom. The third-order valence-electron chi connectivity index (χ3n) is 6.24. The van der Waals surface area contributed by atoms with Crippen LogP contribution < -0.4 is 14.5 Å². The summed E-state index contributed by atoms with van der Waals surface area (Å²) >= 11 is 5.92. The fourth-order valence-corrected chi connectivity index (χ4v) is 5.94. The summed E-state index contributed by atoms with van der Waals surface area (Å²) in [4.78, 5) is 25.3. The van der Waals surface area contributed by atoms with E-state index in [0.717, 1.165) is 18.2 Å². The lowest BCUT2D eigenvalue weighted by Crippen LogP contribution is -2.66. The molecule has 0 saturated carbocycles. The highest BCUT2D eigenvalue weighted by molar-refractivity contribution is 7.89. The van der Waals surface area contributed by atoms with Crippen molar-refractivity contribution in [2.24, 2.45) is 5.41 Å². The molecule has 1 amide bonds. The van der Waals surface area contributed by atoms with E-state index in [4.69, 9.17) is 21.1 Å². The highest BCUT2D eigenvalue weighted by Gasteiger charge is 2.49. The SMILES string of the molecule is O=C1O[C@@H](CNS(=O)(=O)c2cc([N+](=O)[O-])ccc2Cl)CN1c1ccc(N2CC3(COC3)C2)c(F)c1. The van der Waals surface area contributed by atoms with Gasteiger partial charge in [0.1, 0.15) is 16.8 Å². The van der Waals surface area contributed by atoms with E-state index in [1.54, 1.807) is 12.1 Å². The molecule has 1 spiro atoms. The quantitative estimate of drug-likeness (QED) is 0.430. The number of hydrogen-bond donors (Lipinski definition) is 1. The molecule has 0 aliphatic carbocycles. The smallest absolute Gasteiger partial charge is 0.414 e. The molecule has 35 heavy (non-hydrogen) atoms. The maximum atomic E-state index is 14.8. The van der Waals surface area contributed by atoms with Crippen LogP contribution in [0.5, 0.6) is 0 Å². The minimum absolute atomic E-state index is 0.0209. The summed E-state index contributed by atoms with van der Waals surface area (Å²) in [6.07, 6.45) is -1.62. The van der Waals surface area contributed by atoms with Gasteiger partial charge in [-0.3, -0.25) is 15.0 Å². The molecular formula is C21H20ClFN4O7S. The molecule has 0 radical (unpaired) electrons. The van der Waals surface area contributed by atoms with Crippen LogP contribution in [0.15, 0.2) is 41.3 Å². The lowest BCUT2D eigenvalue weighted by atomic mass is 9.78. The Kier molecular flexibility index (Phi) is 5.82. The van der Waals surface area contributed by atoms with Crippen LogP contribution in [0.1, 0.15) is 0 Å². The van der Waals surface area contributed by atoms with Crippen LogP contribution >= 0.6 is 11.6 Å². The van der Waals surface area contributed by atoms with Crippen molar-refractivity contribution in [1.29, 1.82) is 0 Å². The maximum absolute atomic E-state index is 14.8. The van der Waals surface area contributed by atoms with Crippen molar-refractivity contribution in [2.45, 2.75) is 11.0 Å². The third kappa shape index (κ3) is 4.40. The second kappa shape index (κ2) is 8.59. The van der Waals surface area contributed by atoms with Crippen LogP contribution in [0, 0.1) is 21.3 Å². The lowest BCUT2D eigenvalue weighted by Gasteiger charge is -2.56. The van der Waals surface area contributed by atoms with E-state index in [0.29, 0.717) is 32.0 Å². The van der Waals surface area contributed by atoms with E-state index in [2.05, 4.69) is 4.72 Å². The molecule has 3 heterocycles. The zero-order valence-corrected chi connectivity index (χ0v) is 19.7. The zero-order valence-electron chi connectivity index (χ0n) is 18.1. The van der Waals surface area contributed by atoms with Gasteiger partial charge < -0.3 is 14.4 Å². The first-order valence-corrected chi connectivity index (χ1v) is 12.5. The number of sulfonamides is 1. The molecule has 5 rings (SSSR count). The molecular weight excluding hydrogens is 507 g/mol. The first-order valence-electron chi connectivity index (χ1n) is 10.6. The van der Waals surface area contributed by atoms with Crippen molar-refractivity contribution in [3.8, 4) is 0 Å². The average molecular weight is 527 g/mol. The van der Waals surface area contributed by atoms with Gasteiger partial charge in [0.25, 0.3) is 5.69 Å². The van der Waals surface area contributed by atoms with E-state index in [9.17, 15) is 27.7 Å². The highest BCUT2D eigenvalue weighted by atomic mass is 35.5. The van der Waals surface area contributed by atoms with Gasteiger partial charge in [-0.15, -0.1) is 0 Å². The number of ether oxygens (including phenoxy) is 2. The zero-order chi connectivity index (χ0) is 25.0. The van der Waals surface area contributed by atoms with Gasteiger partial charge in [-0.1, -0.05) is 11.6 Å². The molecule has 1 N–H and O–H groups in total. The first kappa shape index (κ1) is 23.7. The van der Waals surface area contributed by atoms with Crippen molar-refractivity contribution in [1.82, 2.24) is 4.72 Å². The Labute approximate surface area is 204 Å². The Bertz CT molecular complexity index is 1310. The normalized spacial score (nSPS) is 21.0. The van der Waals surface area contributed by atoms with Crippen molar-refractivity contribution in [2.75, 3.05) is 49.2 Å². The van der Waals surface area contributed by atoms with E-state index in [1.807, 2.05) is 4.90 Å². The van der Waals surface area contributed by atoms with Crippen LogP contribution in [-0.2, 0) is 19.5 Å². The van der Waals surface area contributed by atoms with Gasteiger partial charge >= 0.3 is 6.09 Å². The molecule has 3 fully saturated rings. The summed E-state index contributed by atoms with van der Waals surface area (Å²) in [6, 6.07) is 7.50. The summed E-state index contributed by atoms with van der Waals surface area (Å²) in [5.41, 5.74) is 0.412. The number of cyclic esters (lactones) is 1. The standard InChI is InChI=1S/C21H20ClFN4O7S/c22-16-3-1-14(27(29)30)6-19(16)35(31,32)24-7-15-8-26(20(28)34-15)13-2-4-18(17(23)5-13)25-9-21(10-25)11-33-12-21/h1-6,15,24H,7-12H2/t15-/m0/s1. The number of nitro benzene ring substituents is 1. The molecule has 0 bridgehead atoms. The molecule has 3 saturated heterocycles. The summed E-state index contributed by atoms with van der Waals surface area (Å²) in [6.45, 7) is 2.47.